The van der Waals surface area contributed by atoms with Gasteiger partial charge in [0.05, 0.1) is 22.7 Å². The number of aromatic nitrogens is 4. The van der Waals surface area contributed by atoms with Crippen LogP contribution in [0.5, 0.6) is 0 Å². The van der Waals surface area contributed by atoms with Gasteiger partial charge in [-0.3, -0.25) is 24.3 Å². The fourth-order valence-corrected chi connectivity index (χ4v) is 1.80. The molecule has 0 bridgehead atoms. The smallest absolute Gasteiger partial charge is 0.306 e. The fourth-order valence-electron chi connectivity index (χ4n) is 1.64. The van der Waals surface area contributed by atoms with Crippen molar-refractivity contribution < 1.29 is 9.72 Å². The maximum absolute atomic E-state index is 11.6. The van der Waals surface area contributed by atoms with Crippen molar-refractivity contribution in [2.45, 2.75) is 19.5 Å². The van der Waals surface area contributed by atoms with Crippen molar-refractivity contribution in [3.63, 3.8) is 0 Å². The van der Waals surface area contributed by atoms with Crippen molar-refractivity contribution in [1.29, 1.82) is 0 Å². The van der Waals surface area contributed by atoms with Gasteiger partial charge in [-0.1, -0.05) is 11.6 Å². The minimum atomic E-state index is -0.529. The first-order valence-electron chi connectivity index (χ1n) is 6.16. The molecule has 0 radical (unpaired) electrons. The molecule has 0 saturated carbocycles. The van der Waals surface area contributed by atoms with Crippen LogP contribution in [0.3, 0.4) is 0 Å². The summed E-state index contributed by atoms with van der Waals surface area (Å²) in [5.74, 6) is -0.161. The van der Waals surface area contributed by atoms with Crippen molar-refractivity contribution >= 4 is 23.2 Å². The van der Waals surface area contributed by atoms with Crippen molar-refractivity contribution in [1.82, 2.24) is 24.9 Å². The summed E-state index contributed by atoms with van der Waals surface area (Å²) < 4.78 is 2.99. The second kappa shape index (κ2) is 6.84. The van der Waals surface area contributed by atoms with Crippen LogP contribution >= 0.6 is 11.6 Å². The molecule has 2 aromatic rings. The van der Waals surface area contributed by atoms with Crippen LogP contribution in [0, 0.1) is 10.1 Å². The average Bonchev–Trinajstić information content (AvgIpc) is 3.05. The number of nitro groups is 1. The van der Waals surface area contributed by atoms with E-state index in [2.05, 4.69) is 15.5 Å². The number of hydrogen-bond acceptors (Lipinski definition) is 5. The summed E-state index contributed by atoms with van der Waals surface area (Å²) >= 11 is 5.72. The number of aryl methyl sites for hydroxylation is 1. The number of carbonyl (C=O) groups is 1. The highest BCUT2D eigenvalue weighted by molar-refractivity contribution is 6.30. The molecule has 2 heterocycles. The number of amides is 1. The Balaban J connectivity index is 1.68. The third-order valence-electron chi connectivity index (χ3n) is 2.66. The molecule has 0 aliphatic rings. The van der Waals surface area contributed by atoms with Gasteiger partial charge in [0.2, 0.25) is 5.91 Å². The number of nitrogens with one attached hydrogen (secondary N) is 1. The van der Waals surface area contributed by atoms with Crippen molar-refractivity contribution in [3.8, 4) is 0 Å². The zero-order valence-electron chi connectivity index (χ0n) is 11.0. The molecule has 0 spiro atoms. The molecular formula is C11H13ClN6O3. The lowest BCUT2D eigenvalue weighted by molar-refractivity contribution is -0.385. The lowest BCUT2D eigenvalue weighted by Crippen LogP contribution is -2.28. The third kappa shape index (κ3) is 4.56. The predicted octanol–water partition coefficient (Wildman–Crippen LogP) is 0.848. The molecule has 0 fully saturated rings. The van der Waals surface area contributed by atoms with Gasteiger partial charge in [0, 0.05) is 25.7 Å². The molecule has 1 N–H and O–H groups in total. The van der Waals surface area contributed by atoms with E-state index >= 15 is 0 Å². The van der Waals surface area contributed by atoms with Crippen LogP contribution in [0.15, 0.2) is 24.8 Å². The van der Waals surface area contributed by atoms with Gasteiger partial charge < -0.3 is 5.32 Å². The van der Waals surface area contributed by atoms with Crippen molar-refractivity contribution in [2.75, 3.05) is 6.54 Å². The van der Waals surface area contributed by atoms with Gasteiger partial charge in [0.25, 0.3) is 0 Å². The van der Waals surface area contributed by atoms with Gasteiger partial charge in [-0.15, -0.1) is 0 Å². The van der Waals surface area contributed by atoms with Gasteiger partial charge in [-0.25, -0.2) is 0 Å². The van der Waals surface area contributed by atoms with Crippen LogP contribution in [-0.4, -0.2) is 36.9 Å². The monoisotopic (exact) mass is 312 g/mol. The summed E-state index contributed by atoms with van der Waals surface area (Å²) in [6.45, 7) is 1.23. The van der Waals surface area contributed by atoms with E-state index in [0.29, 0.717) is 18.1 Å². The number of rotatable bonds is 7. The van der Waals surface area contributed by atoms with Crippen LogP contribution < -0.4 is 5.32 Å². The molecule has 10 heteroatoms. The Kier molecular flexibility index (Phi) is 4.88. The van der Waals surface area contributed by atoms with E-state index in [1.807, 2.05) is 0 Å². The molecule has 1 amide bonds. The van der Waals surface area contributed by atoms with E-state index in [1.165, 1.54) is 17.1 Å². The lowest BCUT2D eigenvalue weighted by Gasteiger charge is -2.05. The Morgan fingerprint density at radius 1 is 1.29 bits per heavy atom. The minimum Gasteiger partial charge on any atom is -0.354 e. The summed E-state index contributed by atoms with van der Waals surface area (Å²) in [6.07, 6.45) is 5.82. The molecule has 2 rings (SSSR count). The zero-order chi connectivity index (χ0) is 15.2. The van der Waals surface area contributed by atoms with E-state index in [4.69, 9.17) is 11.6 Å². The van der Waals surface area contributed by atoms with E-state index in [9.17, 15) is 14.9 Å². The fraction of sp³-hybridized carbons (Fsp3) is 0.364. The van der Waals surface area contributed by atoms with Crippen LogP contribution in [-0.2, 0) is 17.9 Å². The van der Waals surface area contributed by atoms with Crippen LogP contribution in [0.4, 0.5) is 5.69 Å². The highest BCUT2D eigenvalue weighted by Gasteiger charge is 2.09. The Morgan fingerprint density at radius 2 is 2.00 bits per heavy atom. The molecule has 0 atom stereocenters. The van der Waals surface area contributed by atoms with Crippen molar-refractivity contribution in [2.24, 2.45) is 0 Å². The van der Waals surface area contributed by atoms with Crippen LogP contribution in [0.1, 0.15) is 6.42 Å². The predicted molar refractivity (Wildman–Crippen MR) is 73.7 cm³/mol. The maximum Gasteiger partial charge on any atom is 0.306 e. The topological polar surface area (TPSA) is 108 Å². The lowest BCUT2D eigenvalue weighted by atomic mass is 10.4. The maximum atomic E-state index is 11.6. The summed E-state index contributed by atoms with van der Waals surface area (Å²) in [4.78, 5) is 21.6. The summed E-state index contributed by atoms with van der Waals surface area (Å²) in [7, 11) is 0. The van der Waals surface area contributed by atoms with E-state index in [-0.39, 0.29) is 24.6 Å². The van der Waals surface area contributed by atoms with Crippen LogP contribution in [0.25, 0.3) is 0 Å². The summed E-state index contributed by atoms with van der Waals surface area (Å²) in [5, 5.41) is 21.5. The van der Waals surface area contributed by atoms with Crippen LogP contribution in [0.2, 0.25) is 5.02 Å². The minimum absolute atomic E-state index is 0.0917. The van der Waals surface area contributed by atoms with Gasteiger partial charge in [-0.2, -0.15) is 10.2 Å². The van der Waals surface area contributed by atoms with Gasteiger partial charge >= 0.3 is 5.69 Å². The molecule has 0 unspecified atom stereocenters. The molecule has 2 aromatic heterocycles. The Labute approximate surface area is 124 Å². The Morgan fingerprint density at radius 3 is 2.62 bits per heavy atom. The molecule has 112 valence electrons. The molecule has 0 aliphatic heterocycles. The second-order valence-corrected chi connectivity index (χ2v) is 4.68. The Hall–Kier alpha value is -2.42. The first kappa shape index (κ1) is 15.0. The summed E-state index contributed by atoms with van der Waals surface area (Å²) in [5.41, 5.74) is -0.0917. The molecule has 9 nitrogen and oxygen atoms in total. The van der Waals surface area contributed by atoms with E-state index in [0.717, 1.165) is 6.20 Å². The standard InChI is InChI=1S/C11H13ClN6O3/c12-9-5-14-17(7-9)4-2-13-11(19)1-3-16-8-10(6-15-16)18(20)21/h5-8H,1-4H2,(H,13,19). The summed E-state index contributed by atoms with van der Waals surface area (Å²) in [6, 6.07) is 0. The number of carbonyl (C=O) groups excluding carboxylic acids is 1. The molecule has 21 heavy (non-hydrogen) atoms. The first-order valence-corrected chi connectivity index (χ1v) is 6.54. The quantitative estimate of drug-likeness (QED) is 0.602. The zero-order valence-corrected chi connectivity index (χ0v) is 11.7. The highest BCUT2D eigenvalue weighted by Crippen LogP contribution is 2.08. The van der Waals surface area contributed by atoms with Crippen molar-refractivity contribution in [3.05, 3.63) is 39.9 Å². The molecular weight excluding hydrogens is 300 g/mol. The third-order valence-corrected chi connectivity index (χ3v) is 2.86. The number of hydrogen-bond donors (Lipinski definition) is 1. The first-order chi connectivity index (χ1) is 10.0. The number of halogens is 1. The van der Waals surface area contributed by atoms with E-state index in [1.54, 1.807) is 10.9 Å². The van der Waals surface area contributed by atoms with Gasteiger partial charge in [0.15, 0.2) is 0 Å². The molecule has 0 aliphatic carbocycles. The normalized spacial score (nSPS) is 10.5. The molecule has 0 aromatic carbocycles. The Bertz CT molecular complexity index is 637. The van der Waals surface area contributed by atoms with E-state index < -0.39 is 4.92 Å². The average molecular weight is 313 g/mol. The molecule has 0 saturated heterocycles. The van der Waals surface area contributed by atoms with Gasteiger partial charge in [0.1, 0.15) is 12.4 Å². The number of nitrogens with zero attached hydrogens (tertiary/aromatic N) is 5. The largest absolute Gasteiger partial charge is 0.354 e. The highest BCUT2D eigenvalue weighted by atomic mass is 35.5. The van der Waals surface area contributed by atoms with Gasteiger partial charge in [-0.05, 0) is 0 Å². The second-order valence-electron chi connectivity index (χ2n) is 4.24. The SMILES string of the molecule is O=C(CCn1cc([N+](=O)[O-])cn1)NCCn1cc(Cl)cn1.